The van der Waals surface area contributed by atoms with Crippen molar-refractivity contribution in [3.8, 4) is 0 Å². The average Bonchev–Trinajstić information content (AvgIpc) is 2.74. The molecular weight excluding hydrogens is 391 g/mol. The lowest BCUT2D eigenvalue weighted by Crippen LogP contribution is -2.35. The van der Waals surface area contributed by atoms with Crippen LogP contribution in [0.1, 0.15) is 15.9 Å². The molecule has 0 saturated carbocycles. The van der Waals surface area contributed by atoms with Crippen LogP contribution in [0.15, 0.2) is 73.1 Å². The van der Waals surface area contributed by atoms with Crippen molar-refractivity contribution in [1.29, 1.82) is 0 Å². The van der Waals surface area contributed by atoms with E-state index in [2.05, 4.69) is 28.4 Å². The van der Waals surface area contributed by atoms with Gasteiger partial charge in [0, 0.05) is 24.6 Å². The van der Waals surface area contributed by atoms with Gasteiger partial charge in [-0.1, -0.05) is 24.9 Å². The second-order valence-corrected chi connectivity index (χ2v) is 6.53. The molecule has 2 N–H and O–H groups in total. The molecule has 3 amide bonds. The van der Waals surface area contributed by atoms with Crippen LogP contribution in [0.4, 0.5) is 20.6 Å². The Morgan fingerprint density at radius 2 is 1.69 bits per heavy atom. The molecule has 6 nitrogen and oxygen atoms in total. The molecule has 0 aliphatic carbocycles. The Balaban J connectivity index is 1.54. The first-order valence-electron chi connectivity index (χ1n) is 8.86. The minimum absolute atomic E-state index is 0.0408. The molecule has 148 valence electrons. The Labute approximate surface area is 173 Å². The number of hydrogen-bond acceptors (Lipinski definition) is 4. The summed E-state index contributed by atoms with van der Waals surface area (Å²) < 4.78 is 14.9. The number of aromatic nitrogens is 1. The van der Waals surface area contributed by atoms with Crippen molar-refractivity contribution in [3.63, 3.8) is 0 Å². The van der Waals surface area contributed by atoms with E-state index in [0.717, 1.165) is 5.56 Å². The maximum Gasteiger partial charge on any atom is 0.331 e. The maximum atomic E-state index is 13.7. The van der Waals surface area contributed by atoms with Gasteiger partial charge in [-0.3, -0.25) is 9.78 Å². The van der Waals surface area contributed by atoms with Gasteiger partial charge in [0.1, 0.15) is 5.82 Å². The van der Waals surface area contributed by atoms with E-state index in [9.17, 15) is 14.0 Å². The number of carbonyl (C=O) groups excluding carboxylic acids is 2. The van der Waals surface area contributed by atoms with Crippen LogP contribution in [0.5, 0.6) is 0 Å². The summed E-state index contributed by atoms with van der Waals surface area (Å²) in [5, 5.41) is 5.40. The smallest absolute Gasteiger partial charge is 0.331 e. The zero-order chi connectivity index (χ0) is 20.6. The van der Waals surface area contributed by atoms with E-state index >= 15 is 0 Å². The lowest BCUT2D eigenvalue weighted by atomic mass is 10.2. The molecule has 0 aliphatic rings. The van der Waals surface area contributed by atoms with Gasteiger partial charge in [0.05, 0.1) is 11.3 Å². The van der Waals surface area contributed by atoms with Crippen LogP contribution in [0.2, 0.25) is 0 Å². The molecule has 0 radical (unpaired) electrons. The SMILES string of the molecule is O=C(Nc1ccc(N(S)C(=O)NCCc2ccncc2)cc1)c1ccccc1F. The number of rotatable bonds is 6. The van der Waals surface area contributed by atoms with Gasteiger partial charge in [-0.05, 0) is 60.5 Å². The number of carbonyl (C=O) groups is 2. The van der Waals surface area contributed by atoms with Gasteiger partial charge in [-0.25, -0.2) is 13.5 Å². The van der Waals surface area contributed by atoms with E-state index in [-0.39, 0.29) is 11.6 Å². The van der Waals surface area contributed by atoms with Gasteiger partial charge in [-0.15, -0.1) is 0 Å². The molecular formula is C21H19FN4O2S. The van der Waals surface area contributed by atoms with Crippen molar-refractivity contribution in [3.05, 3.63) is 90.0 Å². The number of halogens is 1. The molecule has 2 aromatic carbocycles. The Morgan fingerprint density at radius 3 is 2.38 bits per heavy atom. The third-order valence-corrected chi connectivity index (χ3v) is 4.53. The van der Waals surface area contributed by atoms with E-state index in [0.29, 0.717) is 24.3 Å². The molecule has 1 aromatic heterocycles. The number of anilines is 2. The van der Waals surface area contributed by atoms with E-state index in [1.807, 2.05) is 12.1 Å². The summed E-state index contributed by atoms with van der Waals surface area (Å²) in [4.78, 5) is 28.3. The molecule has 0 atom stereocenters. The third-order valence-electron chi connectivity index (χ3n) is 4.12. The monoisotopic (exact) mass is 410 g/mol. The molecule has 0 bridgehead atoms. The Bertz CT molecular complexity index is 983. The van der Waals surface area contributed by atoms with Crippen LogP contribution in [0.25, 0.3) is 0 Å². The van der Waals surface area contributed by atoms with E-state index in [1.54, 1.807) is 42.7 Å². The van der Waals surface area contributed by atoms with Gasteiger partial charge in [0.15, 0.2) is 0 Å². The highest BCUT2D eigenvalue weighted by Crippen LogP contribution is 2.20. The fourth-order valence-electron chi connectivity index (χ4n) is 2.59. The molecule has 3 aromatic rings. The minimum Gasteiger partial charge on any atom is -0.337 e. The summed E-state index contributed by atoms with van der Waals surface area (Å²) >= 11 is 4.22. The molecule has 1 heterocycles. The third kappa shape index (κ3) is 5.55. The summed E-state index contributed by atoms with van der Waals surface area (Å²) in [6.45, 7) is 0.455. The summed E-state index contributed by atoms with van der Waals surface area (Å²) in [5.74, 6) is -1.14. The van der Waals surface area contributed by atoms with Crippen molar-refractivity contribution in [2.75, 3.05) is 16.2 Å². The van der Waals surface area contributed by atoms with Crippen molar-refractivity contribution in [2.45, 2.75) is 6.42 Å². The summed E-state index contributed by atoms with van der Waals surface area (Å²) in [6, 6.07) is 15.6. The molecule has 29 heavy (non-hydrogen) atoms. The van der Waals surface area contributed by atoms with Crippen LogP contribution in [0.3, 0.4) is 0 Å². The zero-order valence-corrected chi connectivity index (χ0v) is 16.3. The number of urea groups is 1. The summed E-state index contributed by atoms with van der Waals surface area (Å²) in [7, 11) is 0. The summed E-state index contributed by atoms with van der Waals surface area (Å²) in [5.41, 5.74) is 2.03. The molecule has 8 heteroatoms. The lowest BCUT2D eigenvalue weighted by molar-refractivity contribution is 0.102. The first-order chi connectivity index (χ1) is 14.0. The Hall–Kier alpha value is -3.39. The fraction of sp³-hybridized carbons (Fsp3) is 0.0952. The number of hydrogen-bond donors (Lipinski definition) is 3. The number of pyridine rings is 1. The molecule has 0 aliphatic heterocycles. The van der Waals surface area contributed by atoms with Crippen molar-refractivity contribution < 1.29 is 14.0 Å². The fourth-order valence-corrected chi connectivity index (χ4v) is 2.79. The maximum absolute atomic E-state index is 13.7. The van der Waals surface area contributed by atoms with Crippen LogP contribution >= 0.6 is 12.8 Å². The van der Waals surface area contributed by atoms with Crippen LogP contribution < -0.4 is 14.9 Å². The topological polar surface area (TPSA) is 74.3 Å². The van der Waals surface area contributed by atoms with E-state index < -0.39 is 11.7 Å². The second-order valence-electron chi connectivity index (χ2n) is 6.13. The number of nitrogens with one attached hydrogen (secondary N) is 2. The normalized spacial score (nSPS) is 10.3. The first kappa shape index (κ1) is 20.3. The quantitative estimate of drug-likeness (QED) is 0.536. The van der Waals surface area contributed by atoms with Crippen LogP contribution in [-0.4, -0.2) is 23.5 Å². The lowest BCUT2D eigenvalue weighted by Gasteiger charge is -2.17. The van der Waals surface area contributed by atoms with E-state index in [4.69, 9.17) is 0 Å². The number of benzene rings is 2. The molecule has 3 rings (SSSR count). The predicted molar refractivity (Wildman–Crippen MR) is 114 cm³/mol. The first-order valence-corrected chi connectivity index (χ1v) is 9.26. The van der Waals surface area contributed by atoms with E-state index in [1.165, 1.54) is 22.5 Å². The minimum atomic E-state index is -0.591. The second kappa shape index (κ2) is 9.70. The van der Waals surface area contributed by atoms with Crippen molar-refractivity contribution in [1.82, 2.24) is 10.3 Å². The van der Waals surface area contributed by atoms with Crippen LogP contribution in [-0.2, 0) is 6.42 Å². The van der Waals surface area contributed by atoms with Crippen molar-refractivity contribution >= 4 is 36.1 Å². The zero-order valence-electron chi connectivity index (χ0n) is 15.4. The van der Waals surface area contributed by atoms with Gasteiger partial charge in [0.2, 0.25) is 0 Å². The highest BCUT2D eigenvalue weighted by Gasteiger charge is 2.13. The van der Waals surface area contributed by atoms with Gasteiger partial charge in [0.25, 0.3) is 5.91 Å². The Kier molecular flexibility index (Phi) is 6.80. The predicted octanol–water partition coefficient (Wildman–Crippen LogP) is 4.08. The summed E-state index contributed by atoms with van der Waals surface area (Å²) in [6.07, 6.45) is 4.08. The number of nitrogens with zero attached hydrogens (tertiary/aromatic N) is 2. The van der Waals surface area contributed by atoms with Crippen LogP contribution in [0, 0.1) is 5.82 Å². The van der Waals surface area contributed by atoms with Gasteiger partial charge < -0.3 is 10.6 Å². The highest BCUT2D eigenvalue weighted by atomic mass is 32.1. The standard InChI is InChI=1S/C21H19FN4O2S/c22-19-4-2-1-3-18(19)20(27)25-16-5-7-17(8-6-16)26(29)21(28)24-14-11-15-9-12-23-13-10-15/h1-10,12-13,29H,11,14H2,(H,24,28)(H,25,27). The molecule has 0 fully saturated rings. The number of thiol groups is 1. The molecule has 0 unspecified atom stereocenters. The molecule has 0 spiro atoms. The Morgan fingerprint density at radius 1 is 1.00 bits per heavy atom. The van der Waals surface area contributed by atoms with Gasteiger partial charge >= 0.3 is 6.03 Å². The highest BCUT2D eigenvalue weighted by molar-refractivity contribution is 7.82. The molecule has 0 saturated heterocycles. The van der Waals surface area contributed by atoms with Gasteiger partial charge in [-0.2, -0.15) is 0 Å². The largest absolute Gasteiger partial charge is 0.337 e. The average molecular weight is 410 g/mol. The van der Waals surface area contributed by atoms with Crippen molar-refractivity contribution in [2.24, 2.45) is 0 Å². The number of amides is 3.